The lowest BCUT2D eigenvalue weighted by atomic mass is 9.93. The highest BCUT2D eigenvalue weighted by atomic mass is 16.6. The highest BCUT2D eigenvalue weighted by Crippen LogP contribution is 2.47. The molecule has 164 valence electrons. The van der Waals surface area contributed by atoms with Gasteiger partial charge in [-0.15, -0.1) is 0 Å². The first-order valence-electron chi connectivity index (χ1n) is 9.95. The molecule has 0 amide bonds. The van der Waals surface area contributed by atoms with Gasteiger partial charge in [-0.3, -0.25) is 0 Å². The summed E-state index contributed by atoms with van der Waals surface area (Å²) in [5.74, 6) is -0.711. The van der Waals surface area contributed by atoms with Crippen LogP contribution in [0.25, 0.3) is 11.0 Å². The smallest absolute Gasteiger partial charge is 0.336 e. The number of carbonyl (C=O) groups is 2. The summed E-state index contributed by atoms with van der Waals surface area (Å²) in [6, 6.07) is 6.41. The molecule has 0 N–H and O–H groups in total. The second kappa shape index (κ2) is 8.41. The summed E-state index contributed by atoms with van der Waals surface area (Å²) in [7, 11) is 0. The minimum atomic E-state index is -1.17. The second-order valence-electron chi connectivity index (χ2n) is 8.51. The summed E-state index contributed by atoms with van der Waals surface area (Å²) in [5, 5.41) is 0.658. The zero-order valence-electron chi connectivity index (χ0n) is 18.5. The molecule has 1 aliphatic rings. The first-order chi connectivity index (χ1) is 14.5. The Morgan fingerprint density at radius 1 is 0.968 bits per heavy atom. The van der Waals surface area contributed by atoms with Crippen LogP contribution in [0.4, 0.5) is 0 Å². The standard InChI is InChI=1S/C24H26O7/c1-13(2)11-18(26)30-22-20-16(9-7-15-8-10-17(25)29-21(15)20)28-23(22)24(5,6)31-19(27)12-14(3)4/h7-12,22-23H,1-6H3/t22-,23?/m1/s1. The van der Waals surface area contributed by atoms with E-state index >= 15 is 0 Å². The van der Waals surface area contributed by atoms with Crippen LogP contribution in [0, 0.1) is 0 Å². The number of hydrogen-bond donors (Lipinski definition) is 0. The molecule has 31 heavy (non-hydrogen) atoms. The number of carbonyl (C=O) groups excluding carboxylic acids is 2. The number of esters is 2. The van der Waals surface area contributed by atoms with Crippen LogP contribution >= 0.6 is 0 Å². The Labute approximate surface area is 180 Å². The molecular formula is C24H26O7. The Morgan fingerprint density at radius 3 is 2.23 bits per heavy atom. The van der Waals surface area contributed by atoms with Crippen molar-refractivity contribution in [1.82, 2.24) is 0 Å². The Balaban J connectivity index is 2.09. The maximum absolute atomic E-state index is 12.5. The largest absolute Gasteiger partial charge is 0.481 e. The average molecular weight is 426 g/mol. The van der Waals surface area contributed by atoms with E-state index in [1.165, 1.54) is 18.2 Å². The molecule has 1 aromatic carbocycles. The molecule has 3 rings (SSSR count). The zero-order chi connectivity index (χ0) is 22.9. The van der Waals surface area contributed by atoms with E-state index in [0.29, 0.717) is 16.7 Å². The van der Waals surface area contributed by atoms with Crippen molar-refractivity contribution in [3.63, 3.8) is 0 Å². The van der Waals surface area contributed by atoms with Crippen molar-refractivity contribution >= 4 is 22.9 Å². The number of hydrogen-bond acceptors (Lipinski definition) is 7. The highest BCUT2D eigenvalue weighted by Gasteiger charge is 2.50. The molecule has 0 saturated carbocycles. The normalized spacial score (nSPS) is 17.4. The van der Waals surface area contributed by atoms with Crippen LogP contribution in [0.15, 0.2) is 56.8 Å². The van der Waals surface area contributed by atoms with Crippen molar-refractivity contribution in [1.29, 1.82) is 0 Å². The lowest BCUT2D eigenvalue weighted by molar-refractivity contribution is -0.171. The molecule has 0 fully saturated rings. The first-order valence-corrected chi connectivity index (χ1v) is 9.95. The van der Waals surface area contributed by atoms with E-state index < -0.39 is 35.4 Å². The van der Waals surface area contributed by atoms with E-state index in [1.807, 2.05) is 0 Å². The lowest BCUT2D eigenvalue weighted by Crippen LogP contribution is -2.46. The van der Waals surface area contributed by atoms with Gasteiger partial charge >= 0.3 is 17.6 Å². The molecular weight excluding hydrogens is 400 g/mol. The number of ether oxygens (including phenoxy) is 3. The third-order valence-electron chi connectivity index (χ3n) is 4.71. The Morgan fingerprint density at radius 2 is 1.58 bits per heavy atom. The first kappa shape index (κ1) is 22.3. The molecule has 2 heterocycles. The van der Waals surface area contributed by atoms with Gasteiger partial charge in [-0.05, 0) is 59.7 Å². The molecule has 1 aromatic heterocycles. The average Bonchev–Trinajstić information content (AvgIpc) is 2.99. The maximum Gasteiger partial charge on any atom is 0.336 e. The fraction of sp³-hybridized carbons (Fsp3) is 0.375. The van der Waals surface area contributed by atoms with E-state index in [-0.39, 0.29) is 5.58 Å². The molecule has 1 aliphatic heterocycles. The van der Waals surface area contributed by atoms with Crippen molar-refractivity contribution in [2.75, 3.05) is 0 Å². The molecule has 1 unspecified atom stereocenters. The van der Waals surface area contributed by atoms with Crippen molar-refractivity contribution in [3.8, 4) is 5.75 Å². The molecule has 0 spiro atoms. The van der Waals surface area contributed by atoms with Gasteiger partial charge < -0.3 is 18.6 Å². The molecule has 2 aromatic rings. The van der Waals surface area contributed by atoms with Crippen LogP contribution < -0.4 is 10.4 Å². The number of rotatable bonds is 5. The molecule has 0 saturated heterocycles. The fourth-order valence-corrected chi connectivity index (χ4v) is 3.46. The summed E-state index contributed by atoms with van der Waals surface area (Å²) in [6.07, 6.45) is 0.922. The van der Waals surface area contributed by atoms with Gasteiger partial charge in [0.15, 0.2) is 12.2 Å². The van der Waals surface area contributed by atoms with Crippen molar-refractivity contribution in [2.45, 2.75) is 59.4 Å². The molecule has 7 heteroatoms. The van der Waals surface area contributed by atoms with Gasteiger partial charge in [0, 0.05) is 23.6 Å². The van der Waals surface area contributed by atoms with Crippen LogP contribution in [-0.2, 0) is 19.1 Å². The van der Waals surface area contributed by atoms with Crippen molar-refractivity contribution in [2.24, 2.45) is 0 Å². The number of benzene rings is 1. The van der Waals surface area contributed by atoms with Crippen LogP contribution in [0.2, 0.25) is 0 Å². The highest BCUT2D eigenvalue weighted by molar-refractivity contribution is 5.86. The SMILES string of the molecule is CC(C)=CC(=O)O[C@@H]1c2c(ccc3ccc(=O)oc23)OC1C(C)(C)OC(=O)C=C(C)C. The van der Waals surface area contributed by atoms with Crippen molar-refractivity contribution in [3.05, 3.63) is 63.5 Å². The van der Waals surface area contributed by atoms with E-state index in [0.717, 1.165) is 11.1 Å². The van der Waals surface area contributed by atoms with Gasteiger partial charge in [-0.2, -0.15) is 0 Å². The molecule has 0 aliphatic carbocycles. The monoisotopic (exact) mass is 426 g/mol. The summed E-state index contributed by atoms with van der Waals surface area (Å²) in [6.45, 7) is 10.5. The molecule has 0 radical (unpaired) electrons. The Hall–Kier alpha value is -3.35. The molecule has 7 nitrogen and oxygen atoms in total. The van der Waals surface area contributed by atoms with E-state index in [1.54, 1.807) is 59.7 Å². The molecule has 2 atom stereocenters. The fourth-order valence-electron chi connectivity index (χ4n) is 3.46. The van der Waals surface area contributed by atoms with Crippen LogP contribution in [0.1, 0.15) is 53.2 Å². The van der Waals surface area contributed by atoms with Gasteiger partial charge in [-0.25, -0.2) is 14.4 Å². The summed E-state index contributed by atoms with van der Waals surface area (Å²) < 4.78 is 22.9. The van der Waals surface area contributed by atoms with E-state index in [9.17, 15) is 14.4 Å². The third kappa shape index (κ3) is 4.87. The third-order valence-corrected chi connectivity index (χ3v) is 4.71. The second-order valence-corrected chi connectivity index (χ2v) is 8.51. The Bertz CT molecular complexity index is 1140. The minimum absolute atomic E-state index is 0.272. The van der Waals surface area contributed by atoms with Gasteiger partial charge in [0.2, 0.25) is 0 Å². The quantitative estimate of drug-likeness (QED) is 0.398. The van der Waals surface area contributed by atoms with E-state index in [2.05, 4.69) is 0 Å². The number of fused-ring (bicyclic) bond motifs is 3. The predicted octanol–water partition coefficient (Wildman–Crippen LogP) is 4.39. The van der Waals surface area contributed by atoms with Gasteiger partial charge in [0.05, 0.1) is 5.56 Å². The van der Waals surface area contributed by atoms with Crippen LogP contribution in [0.5, 0.6) is 5.75 Å². The van der Waals surface area contributed by atoms with Crippen LogP contribution in [-0.4, -0.2) is 23.6 Å². The van der Waals surface area contributed by atoms with Crippen molar-refractivity contribution < 1.29 is 28.2 Å². The predicted molar refractivity (Wildman–Crippen MR) is 115 cm³/mol. The molecule has 0 bridgehead atoms. The van der Waals surface area contributed by atoms with Crippen LogP contribution in [0.3, 0.4) is 0 Å². The summed E-state index contributed by atoms with van der Waals surface area (Å²) >= 11 is 0. The van der Waals surface area contributed by atoms with Gasteiger partial charge in [0.25, 0.3) is 0 Å². The lowest BCUT2D eigenvalue weighted by Gasteiger charge is -2.33. The topological polar surface area (TPSA) is 92.0 Å². The summed E-state index contributed by atoms with van der Waals surface area (Å²) in [5.41, 5.74) is 0.554. The minimum Gasteiger partial charge on any atom is -0.481 e. The zero-order valence-corrected chi connectivity index (χ0v) is 18.5. The van der Waals surface area contributed by atoms with Gasteiger partial charge in [-0.1, -0.05) is 11.1 Å². The van der Waals surface area contributed by atoms with Gasteiger partial charge in [0.1, 0.15) is 16.9 Å². The van der Waals surface area contributed by atoms with E-state index in [4.69, 9.17) is 18.6 Å². The Kier molecular flexibility index (Phi) is 6.06. The summed E-state index contributed by atoms with van der Waals surface area (Å²) in [4.78, 5) is 36.7. The number of allylic oxidation sites excluding steroid dienone is 2. The maximum atomic E-state index is 12.5.